The van der Waals surface area contributed by atoms with Gasteiger partial charge in [0.15, 0.2) is 0 Å². The molecule has 0 amide bonds. The van der Waals surface area contributed by atoms with E-state index >= 15 is 0 Å². The van der Waals surface area contributed by atoms with Gasteiger partial charge in [-0.2, -0.15) is 0 Å². The van der Waals surface area contributed by atoms with E-state index in [4.69, 9.17) is 10.5 Å². The molecule has 84 valence electrons. The lowest BCUT2D eigenvalue weighted by Crippen LogP contribution is -2.36. The number of nitrogens with two attached hydrogens (primary N) is 1. The Labute approximate surface area is 89.2 Å². The van der Waals surface area contributed by atoms with E-state index in [9.17, 15) is 4.79 Å². The van der Waals surface area contributed by atoms with Crippen molar-refractivity contribution in [2.45, 2.75) is 33.4 Å². The SMILES string of the molecule is CCOC(=O)C(N)Cn1cnc(C)c1C. The highest BCUT2D eigenvalue weighted by molar-refractivity contribution is 5.75. The molecule has 1 unspecified atom stereocenters. The summed E-state index contributed by atoms with van der Waals surface area (Å²) >= 11 is 0. The standard InChI is InChI=1S/C10H17N3O2/c1-4-15-10(14)9(11)5-13-6-12-7(2)8(13)3/h6,9H,4-5,11H2,1-3H3. The minimum Gasteiger partial charge on any atom is -0.465 e. The van der Waals surface area contributed by atoms with Crippen LogP contribution in [0.5, 0.6) is 0 Å². The number of hydrogen-bond acceptors (Lipinski definition) is 4. The number of carbonyl (C=O) groups excluding carboxylic acids is 1. The minimum atomic E-state index is -0.628. The Morgan fingerprint density at radius 1 is 1.67 bits per heavy atom. The van der Waals surface area contributed by atoms with E-state index in [1.807, 2.05) is 18.4 Å². The molecule has 1 aromatic rings. The fourth-order valence-electron chi connectivity index (χ4n) is 1.26. The zero-order valence-electron chi connectivity index (χ0n) is 9.36. The first kappa shape index (κ1) is 11.7. The highest BCUT2D eigenvalue weighted by Crippen LogP contribution is 2.05. The van der Waals surface area contributed by atoms with Gasteiger partial charge in [-0.15, -0.1) is 0 Å². The van der Waals surface area contributed by atoms with Crippen molar-refractivity contribution in [3.05, 3.63) is 17.7 Å². The number of hydrogen-bond donors (Lipinski definition) is 1. The van der Waals surface area contributed by atoms with Crippen LogP contribution in [0.2, 0.25) is 0 Å². The van der Waals surface area contributed by atoms with E-state index in [0.29, 0.717) is 13.2 Å². The lowest BCUT2D eigenvalue weighted by molar-refractivity contribution is -0.145. The van der Waals surface area contributed by atoms with Crippen LogP contribution in [0.25, 0.3) is 0 Å². The Hall–Kier alpha value is -1.36. The molecular weight excluding hydrogens is 194 g/mol. The molecule has 15 heavy (non-hydrogen) atoms. The molecule has 1 rings (SSSR count). The van der Waals surface area contributed by atoms with Crippen LogP contribution >= 0.6 is 0 Å². The average molecular weight is 211 g/mol. The molecular formula is C10H17N3O2. The molecule has 5 nitrogen and oxygen atoms in total. The fourth-order valence-corrected chi connectivity index (χ4v) is 1.26. The first-order chi connectivity index (χ1) is 7.06. The van der Waals surface area contributed by atoms with Gasteiger partial charge in [-0.3, -0.25) is 4.79 Å². The fraction of sp³-hybridized carbons (Fsp3) is 0.600. The van der Waals surface area contributed by atoms with Crippen LogP contribution in [0.3, 0.4) is 0 Å². The van der Waals surface area contributed by atoms with Crippen LogP contribution in [-0.4, -0.2) is 28.2 Å². The van der Waals surface area contributed by atoms with E-state index in [0.717, 1.165) is 11.4 Å². The van der Waals surface area contributed by atoms with Crippen LogP contribution in [0, 0.1) is 13.8 Å². The third-order valence-corrected chi connectivity index (χ3v) is 2.33. The van der Waals surface area contributed by atoms with Crippen molar-refractivity contribution in [1.82, 2.24) is 9.55 Å². The molecule has 0 spiro atoms. The van der Waals surface area contributed by atoms with Crippen LogP contribution in [0.1, 0.15) is 18.3 Å². The highest BCUT2D eigenvalue weighted by atomic mass is 16.5. The third-order valence-electron chi connectivity index (χ3n) is 2.33. The first-order valence-corrected chi connectivity index (χ1v) is 4.96. The second-order valence-electron chi connectivity index (χ2n) is 3.43. The molecule has 2 N–H and O–H groups in total. The van der Waals surface area contributed by atoms with Crippen molar-refractivity contribution in [1.29, 1.82) is 0 Å². The number of esters is 1. The van der Waals surface area contributed by atoms with Crippen molar-refractivity contribution in [2.24, 2.45) is 5.73 Å². The Balaban J connectivity index is 2.62. The molecule has 0 saturated carbocycles. The van der Waals surface area contributed by atoms with Crippen LogP contribution in [0.15, 0.2) is 6.33 Å². The van der Waals surface area contributed by atoms with Gasteiger partial charge in [-0.25, -0.2) is 4.98 Å². The Bertz CT molecular complexity index is 346. The van der Waals surface area contributed by atoms with Crippen LogP contribution in [-0.2, 0) is 16.1 Å². The second-order valence-corrected chi connectivity index (χ2v) is 3.43. The number of nitrogens with zero attached hydrogens (tertiary/aromatic N) is 2. The molecule has 0 aromatic carbocycles. The van der Waals surface area contributed by atoms with Crippen molar-refractivity contribution < 1.29 is 9.53 Å². The van der Waals surface area contributed by atoms with Gasteiger partial charge in [-0.1, -0.05) is 0 Å². The summed E-state index contributed by atoms with van der Waals surface area (Å²) in [5.41, 5.74) is 7.66. The molecule has 0 saturated heterocycles. The molecule has 0 bridgehead atoms. The lowest BCUT2D eigenvalue weighted by atomic mass is 10.3. The maximum atomic E-state index is 11.3. The molecule has 1 aromatic heterocycles. The third kappa shape index (κ3) is 2.79. The van der Waals surface area contributed by atoms with Gasteiger partial charge in [0.05, 0.1) is 18.6 Å². The molecule has 0 aliphatic carbocycles. The zero-order chi connectivity index (χ0) is 11.4. The number of aromatic nitrogens is 2. The van der Waals surface area contributed by atoms with Gasteiger partial charge in [0.2, 0.25) is 0 Å². The largest absolute Gasteiger partial charge is 0.465 e. The number of rotatable bonds is 4. The summed E-state index contributed by atoms with van der Waals surface area (Å²) in [6.07, 6.45) is 1.68. The van der Waals surface area contributed by atoms with Crippen molar-refractivity contribution >= 4 is 5.97 Å². The Morgan fingerprint density at radius 3 is 2.80 bits per heavy atom. The molecule has 0 radical (unpaired) electrons. The summed E-state index contributed by atoms with van der Waals surface area (Å²) in [6.45, 7) is 6.39. The Morgan fingerprint density at radius 2 is 2.33 bits per heavy atom. The molecule has 0 aliphatic heterocycles. The van der Waals surface area contributed by atoms with E-state index in [-0.39, 0.29) is 5.97 Å². The van der Waals surface area contributed by atoms with Gasteiger partial charge >= 0.3 is 5.97 Å². The number of imidazole rings is 1. The summed E-state index contributed by atoms with van der Waals surface area (Å²) < 4.78 is 6.68. The van der Waals surface area contributed by atoms with Crippen molar-refractivity contribution in [3.63, 3.8) is 0 Å². The quantitative estimate of drug-likeness (QED) is 0.731. The first-order valence-electron chi connectivity index (χ1n) is 4.96. The van der Waals surface area contributed by atoms with E-state index in [1.54, 1.807) is 13.3 Å². The Kier molecular flexibility index (Phi) is 3.85. The monoisotopic (exact) mass is 211 g/mol. The van der Waals surface area contributed by atoms with Crippen LogP contribution < -0.4 is 5.73 Å². The molecule has 5 heteroatoms. The van der Waals surface area contributed by atoms with Crippen molar-refractivity contribution in [3.8, 4) is 0 Å². The van der Waals surface area contributed by atoms with Gasteiger partial charge in [0.25, 0.3) is 0 Å². The average Bonchev–Trinajstić information content (AvgIpc) is 2.50. The smallest absolute Gasteiger partial charge is 0.324 e. The van der Waals surface area contributed by atoms with Crippen molar-refractivity contribution in [2.75, 3.05) is 6.61 Å². The molecule has 0 fully saturated rings. The highest BCUT2D eigenvalue weighted by Gasteiger charge is 2.16. The number of ether oxygens (including phenoxy) is 1. The van der Waals surface area contributed by atoms with Gasteiger partial charge in [-0.05, 0) is 20.8 Å². The topological polar surface area (TPSA) is 70.1 Å². The summed E-state index contributed by atoms with van der Waals surface area (Å²) in [7, 11) is 0. The van der Waals surface area contributed by atoms with E-state index < -0.39 is 6.04 Å². The number of carbonyl (C=O) groups is 1. The zero-order valence-corrected chi connectivity index (χ0v) is 9.36. The van der Waals surface area contributed by atoms with Crippen LogP contribution in [0.4, 0.5) is 0 Å². The normalized spacial score (nSPS) is 12.5. The minimum absolute atomic E-state index is 0.356. The van der Waals surface area contributed by atoms with E-state index in [1.165, 1.54) is 0 Å². The van der Waals surface area contributed by atoms with Gasteiger partial charge in [0.1, 0.15) is 6.04 Å². The van der Waals surface area contributed by atoms with E-state index in [2.05, 4.69) is 4.98 Å². The second kappa shape index (κ2) is 4.93. The predicted molar refractivity (Wildman–Crippen MR) is 56.3 cm³/mol. The lowest BCUT2D eigenvalue weighted by Gasteiger charge is -2.12. The summed E-state index contributed by atoms with van der Waals surface area (Å²) in [6, 6.07) is -0.628. The predicted octanol–water partition coefficient (Wildman–Crippen LogP) is 0.390. The molecule has 1 heterocycles. The number of aryl methyl sites for hydroxylation is 1. The molecule has 0 aliphatic rings. The summed E-state index contributed by atoms with van der Waals surface area (Å²) in [5, 5.41) is 0. The summed E-state index contributed by atoms with van der Waals surface area (Å²) in [4.78, 5) is 15.4. The summed E-state index contributed by atoms with van der Waals surface area (Å²) in [5.74, 6) is -0.372. The maximum absolute atomic E-state index is 11.3. The van der Waals surface area contributed by atoms with Gasteiger partial charge in [0, 0.05) is 12.2 Å². The van der Waals surface area contributed by atoms with Gasteiger partial charge < -0.3 is 15.0 Å². The molecule has 1 atom stereocenters. The maximum Gasteiger partial charge on any atom is 0.324 e.